The van der Waals surface area contributed by atoms with E-state index in [4.69, 9.17) is 5.21 Å². The Bertz CT molecular complexity index is 963. The highest BCUT2D eigenvalue weighted by Gasteiger charge is 2.13. The smallest absolute Gasteiger partial charge is 0.308 e. The molecule has 0 aliphatic rings. The minimum atomic E-state index is -0.799. The first kappa shape index (κ1) is 16.5. The minimum absolute atomic E-state index is 0.0180. The summed E-state index contributed by atoms with van der Waals surface area (Å²) in [4.78, 5) is 23.8. The van der Waals surface area contributed by atoms with Crippen molar-refractivity contribution >= 4 is 34.3 Å². The van der Waals surface area contributed by atoms with Crippen LogP contribution in [0.3, 0.4) is 0 Å². The first-order chi connectivity index (χ1) is 12.0. The number of carbonyl (C=O) groups excluding carboxylic acids is 1. The number of aromatic nitrogens is 3. The van der Waals surface area contributed by atoms with E-state index in [1.807, 2.05) is 19.1 Å². The van der Waals surface area contributed by atoms with Gasteiger partial charge in [-0.15, -0.1) is 0 Å². The van der Waals surface area contributed by atoms with E-state index in [0.29, 0.717) is 5.69 Å². The molecule has 2 heterocycles. The Kier molecular flexibility index (Phi) is 4.40. The Morgan fingerprint density at radius 3 is 2.68 bits per heavy atom. The van der Waals surface area contributed by atoms with E-state index in [0.717, 1.165) is 16.5 Å². The van der Waals surface area contributed by atoms with Crippen LogP contribution in [0.4, 0.5) is 26.6 Å². The Morgan fingerprint density at radius 1 is 1.12 bits per heavy atom. The van der Waals surface area contributed by atoms with Crippen LogP contribution in [-0.2, 0) is 0 Å². The molecule has 2 aromatic heterocycles. The van der Waals surface area contributed by atoms with Gasteiger partial charge in [0.15, 0.2) is 11.6 Å². The van der Waals surface area contributed by atoms with E-state index >= 15 is 0 Å². The van der Waals surface area contributed by atoms with Crippen molar-refractivity contribution in [2.24, 2.45) is 0 Å². The summed E-state index contributed by atoms with van der Waals surface area (Å²) in [7, 11) is 0. The molecule has 25 heavy (non-hydrogen) atoms. The summed E-state index contributed by atoms with van der Waals surface area (Å²) >= 11 is 0. The van der Waals surface area contributed by atoms with Crippen molar-refractivity contribution in [1.29, 1.82) is 0 Å². The fourth-order valence-electron chi connectivity index (χ4n) is 2.28. The van der Waals surface area contributed by atoms with Gasteiger partial charge >= 0.3 is 6.03 Å². The molecule has 0 saturated carbocycles. The number of pyridine rings is 1. The van der Waals surface area contributed by atoms with E-state index in [9.17, 15) is 9.18 Å². The number of hydrogen-bond donors (Lipinski definition) is 4. The number of nitrogens with zero attached hydrogens (tertiary/aromatic N) is 3. The zero-order chi connectivity index (χ0) is 18.0. The van der Waals surface area contributed by atoms with Crippen molar-refractivity contribution in [3.05, 3.63) is 47.7 Å². The van der Waals surface area contributed by atoms with Crippen LogP contribution < -0.4 is 16.1 Å². The molecule has 4 N–H and O–H groups in total. The van der Waals surface area contributed by atoms with Gasteiger partial charge in [0, 0.05) is 23.0 Å². The number of anilines is 3. The number of halogens is 1. The molecule has 0 aliphatic heterocycles. The largest absolute Gasteiger partial charge is 0.326 e. The van der Waals surface area contributed by atoms with Gasteiger partial charge in [0.1, 0.15) is 0 Å². The van der Waals surface area contributed by atoms with Gasteiger partial charge in [-0.3, -0.25) is 15.5 Å². The third-order valence-corrected chi connectivity index (χ3v) is 3.46. The minimum Gasteiger partial charge on any atom is -0.308 e. The lowest BCUT2D eigenvalue weighted by atomic mass is 10.1. The molecular formula is C16H15FN6O2. The van der Waals surface area contributed by atoms with Crippen LogP contribution in [0.2, 0.25) is 0 Å². The standard InChI is InChI=1S/C16H15FN6O2/c1-8-5-11-6-12(4-3-10(11)7-18-8)20-16(24)22-15-19-9(2)13(17)14(21-15)23-25/h3-7,25H,1-2H3,(H3,19,20,21,22,23,24). The normalized spacial score (nSPS) is 10.6. The molecular weight excluding hydrogens is 327 g/mol. The summed E-state index contributed by atoms with van der Waals surface area (Å²) in [6.07, 6.45) is 1.76. The van der Waals surface area contributed by atoms with Gasteiger partial charge in [-0.1, -0.05) is 6.07 Å². The lowest BCUT2D eigenvalue weighted by Crippen LogP contribution is -2.21. The second-order valence-corrected chi connectivity index (χ2v) is 5.37. The number of fused-ring (bicyclic) bond motifs is 1. The highest BCUT2D eigenvalue weighted by atomic mass is 19.1. The molecule has 0 bridgehead atoms. The van der Waals surface area contributed by atoms with Crippen molar-refractivity contribution in [1.82, 2.24) is 15.0 Å². The lowest BCUT2D eigenvalue weighted by molar-refractivity contribution is 0.262. The summed E-state index contributed by atoms with van der Waals surface area (Å²) < 4.78 is 13.6. The topological polar surface area (TPSA) is 112 Å². The number of benzene rings is 1. The molecule has 0 radical (unpaired) electrons. The van der Waals surface area contributed by atoms with Crippen LogP contribution in [0.1, 0.15) is 11.4 Å². The first-order valence-electron chi connectivity index (χ1n) is 7.35. The van der Waals surface area contributed by atoms with E-state index in [1.54, 1.807) is 23.8 Å². The average Bonchev–Trinajstić information content (AvgIpc) is 2.57. The molecule has 0 aliphatic carbocycles. The highest BCUT2D eigenvalue weighted by molar-refractivity contribution is 6.00. The van der Waals surface area contributed by atoms with Crippen molar-refractivity contribution in [3.8, 4) is 0 Å². The van der Waals surface area contributed by atoms with Crippen LogP contribution in [0.25, 0.3) is 10.8 Å². The summed E-state index contributed by atoms with van der Waals surface area (Å²) in [5, 5.41) is 15.8. The predicted molar refractivity (Wildman–Crippen MR) is 91.3 cm³/mol. The van der Waals surface area contributed by atoms with Gasteiger partial charge in [0.05, 0.1) is 5.69 Å². The third-order valence-electron chi connectivity index (χ3n) is 3.46. The Morgan fingerprint density at radius 2 is 1.92 bits per heavy atom. The van der Waals surface area contributed by atoms with Gasteiger partial charge in [-0.05, 0) is 37.4 Å². The predicted octanol–water partition coefficient (Wildman–Crippen LogP) is 3.23. The second kappa shape index (κ2) is 6.65. The van der Waals surface area contributed by atoms with Gasteiger partial charge in [0.25, 0.3) is 0 Å². The van der Waals surface area contributed by atoms with Crippen LogP contribution >= 0.6 is 0 Å². The molecule has 128 valence electrons. The maximum Gasteiger partial charge on any atom is 0.326 e. The number of rotatable bonds is 3. The van der Waals surface area contributed by atoms with Gasteiger partial charge in [-0.25, -0.2) is 19.6 Å². The molecule has 9 heteroatoms. The maximum atomic E-state index is 13.6. The molecule has 3 rings (SSSR count). The second-order valence-electron chi connectivity index (χ2n) is 5.37. The Balaban J connectivity index is 1.77. The number of hydrogen-bond acceptors (Lipinski definition) is 6. The zero-order valence-corrected chi connectivity index (χ0v) is 13.5. The molecule has 0 fully saturated rings. The van der Waals surface area contributed by atoms with Crippen LogP contribution in [-0.4, -0.2) is 26.2 Å². The summed E-state index contributed by atoms with van der Waals surface area (Å²) in [5.41, 5.74) is 3.04. The fraction of sp³-hybridized carbons (Fsp3) is 0.125. The lowest BCUT2D eigenvalue weighted by Gasteiger charge is -2.10. The van der Waals surface area contributed by atoms with E-state index in [1.165, 1.54) is 6.92 Å². The van der Waals surface area contributed by atoms with Crippen LogP contribution in [0, 0.1) is 19.7 Å². The number of carbonyl (C=O) groups is 1. The Hall–Kier alpha value is -3.33. The highest BCUT2D eigenvalue weighted by Crippen LogP contribution is 2.20. The van der Waals surface area contributed by atoms with E-state index in [-0.39, 0.29) is 11.6 Å². The van der Waals surface area contributed by atoms with Crippen molar-refractivity contribution in [2.45, 2.75) is 13.8 Å². The molecule has 0 atom stereocenters. The summed E-state index contributed by atoms with van der Waals surface area (Å²) in [5.74, 6) is -1.36. The van der Waals surface area contributed by atoms with Crippen molar-refractivity contribution in [2.75, 3.05) is 16.1 Å². The van der Waals surface area contributed by atoms with Gasteiger partial charge in [-0.2, -0.15) is 4.98 Å². The molecule has 0 spiro atoms. The molecule has 1 aromatic carbocycles. The van der Waals surface area contributed by atoms with Gasteiger partial charge in [0.2, 0.25) is 5.95 Å². The molecule has 8 nitrogen and oxygen atoms in total. The quantitative estimate of drug-likeness (QED) is 0.544. The fourth-order valence-corrected chi connectivity index (χ4v) is 2.28. The summed E-state index contributed by atoms with van der Waals surface area (Å²) in [6, 6.07) is 6.69. The van der Waals surface area contributed by atoms with Crippen LogP contribution in [0.5, 0.6) is 0 Å². The Labute approximate surface area is 142 Å². The number of amides is 2. The summed E-state index contributed by atoms with van der Waals surface area (Å²) in [6.45, 7) is 3.27. The molecule has 2 amide bonds. The molecule has 0 unspecified atom stereocenters. The molecule has 3 aromatic rings. The molecule has 0 saturated heterocycles. The maximum absolute atomic E-state index is 13.6. The van der Waals surface area contributed by atoms with E-state index < -0.39 is 17.7 Å². The zero-order valence-electron chi connectivity index (χ0n) is 13.5. The third kappa shape index (κ3) is 3.61. The average molecular weight is 342 g/mol. The number of urea groups is 1. The monoisotopic (exact) mass is 342 g/mol. The van der Waals surface area contributed by atoms with Crippen molar-refractivity contribution < 1.29 is 14.4 Å². The SMILES string of the molecule is Cc1cc2cc(NC(=O)Nc3nc(C)c(F)c(NO)n3)ccc2cn1. The van der Waals surface area contributed by atoms with E-state index in [2.05, 4.69) is 25.6 Å². The van der Waals surface area contributed by atoms with Crippen molar-refractivity contribution in [3.63, 3.8) is 0 Å². The number of aryl methyl sites for hydroxylation is 2. The first-order valence-corrected chi connectivity index (χ1v) is 7.35. The van der Waals surface area contributed by atoms with Crippen LogP contribution in [0.15, 0.2) is 30.5 Å². The number of nitrogens with one attached hydrogen (secondary N) is 3. The van der Waals surface area contributed by atoms with Gasteiger partial charge < -0.3 is 5.32 Å².